The lowest BCUT2D eigenvalue weighted by molar-refractivity contribution is -0.134. The SMILES string of the molecule is CCC1=C2CC[C@H]3C(=O)NC(=O)[C@H]3[C@H]2[C@@]2(Cc3ccccc3)C(=NCc3ccccc3)OC(=O)N2C1=O. The second-order valence-electron chi connectivity index (χ2n) is 10.1. The Kier molecular flexibility index (Phi) is 5.55. The molecule has 1 saturated carbocycles. The maximum absolute atomic E-state index is 13.9. The number of fused-ring (bicyclic) bond motifs is 5. The van der Waals surface area contributed by atoms with Gasteiger partial charge in [0.05, 0.1) is 18.4 Å². The van der Waals surface area contributed by atoms with E-state index in [0.717, 1.165) is 16.7 Å². The normalized spacial score (nSPS) is 29.7. The molecule has 0 bridgehead atoms. The average Bonchev–Trinajstić information content (AvgIpc) is 3.36. The van der Waals surface area contributed by atoms with E-state index in [1.165, 1.54) is 4.90 Å². The lowest BCUT2D eigenvalue weighted by atomic mass is 9.58. The molecule has 4 atom stereocenters. The number of nitrogens with one attached hydrogen (secondary N) is 1. The molecule has 2 aromatic carbocycles. The summed E-state index contributed by atoms with van der Waals surface area (Å²) in [7, 11) is 0. The molecule has 2 aromatic rings. The molecule has 1 N–H and O–H groups in total. The number of rotatable bonds is 5. The summed E-state index contributed by atoms with van der Waals surface area (Å²) in [4.78, 5) is 59.3. The minimum atomic E-state index is -1.34. The zero-order valence-electron chi connectivity index (χ0n) is 20.5. The lowest BCUT2D eigenvalue weighted by Crippen LogP contribution is -2.65. The third-order valence-corrected chi connectivity index (χ3v) is 8.20. The van der Waals surface area contributed by atoms with Crippen LogP contribution in [0.1, 0.15) is 37.3 Å². The number of amides is 4. The van der Waals surface area contributed by atoms with Crippen LogP contribution in [0.2, 0.25) is 0 Å². The zero-order chi connectivity index (χ0) is 25.7. The number of hydrogen-bond donors (Lipinski definition) is 1. The molecule has 37 heavy (non-hydrogen) atoms. The van der Waals surface area contributed by atoms with Crippen molar-refractivity contribution >= 4 is 29.7 Å². The van der Waals surface area contributed by atoms with E-state index < -0.39 is 35.3 Å². The predicted octanol–water partition coefficient (Wildman–Crippen LogP) is 3.56. The van der Waals surface area contributed by atoms with Gasteiger partial charge < -0.3 is 4.74 Å². The van der Waals surface area contributed by atoms with Gasteiger partial charge in [-0.3, -0.25) is 19.7 Å². The minimum Gasteiger partial charge on any atom is -0.393 e. The molecule has 6 rings (SSSR count). The van der Waals surface area contributed by atoms with Gasteiger partial charge in [-0.1, -0.05) is 73.2 Å². The van der Waals surface area contributed by atoms with E-state index >= 15 is 0 Å². The highest BCUT2D eigenvalue weighted by atomic mass is 16.6. The summed E-state index contributed by atoms with van der Waals surface area (Å²) in [5.41, 5.74) is 1.82. The molecule has 188 valence electrons. The molecular weight excluding hydrogens is 470 g/mol. The Morgan fingerprint density at radius 1 is 0.973 bits per heavy atom. The van der Waals surface area contributed by atoms with E-state index in [4.69, 9.17) is 9.73 Å². The number of ether oxygens (including phenoxy) is 1. The molecule has 2 saturated heterocycles. The average molecular weight is 498 g/mol. The van der Waals surface area contributed by atoms with Gasteiger partial charge in [-0.05, 0) is 30.4 Å². The summed E-state index contributed by atoms with van der Waals surface area (Å²) >= 11 is 0. The highest BCUT2D eigenvalue weighted by Crippen LogP contribution is 2.56. The molecule has 3 aliphatic heterocycles. The predicted molar refractivity (Wildman–Crippen MR) is 134 cm³/mol. The smallest absolute Gasteiger partial charge is 0.393 e. The van der Waals surface area contributed by atoms with Crippen LogP contribution in [0.15, 0.2) is 76.8 Å². The van der Waals surface area contributed by atoms with E-state index in [1.807, 2.05) is 67.6 Å². The van der Waals surface area contributed by atoms with Crippen LogP contribution in [-0.2, 0) is 32.1 Å². The van der Waals surface area contributed by atoms with E-state index in [-0.39, 0.29) is 30.7 Å². The van der Waals surface area contributed by atoms with Gasteiger partial charge in [0, 0.05) is 17.9 Å². The molecule has 0 unspecified atom stereocenters. The summed E-state index contributed by atoms with van der Waals surface area (Å²) in [6.07, 6.45) is 0.849. The van der Waals surface area contributed by atoms with Crippen molar-refractivity contribution in [3.8, 4) is 0 Å². The summed E-state index contributed by atoms with van der Waals surface area (Å²) in [5, 5.41) is 2.51. The molecule has 3 heterocycles. The van der Waals surface area contributed by atoms with Crippen molar-refractivity contribution in [2.24, 2.45) is 22.7 Å². The molecule has 0 radical (unpaired) electrons. The van der Waals surface area contributed by atoms with Crippen LogP contribution in [0.4, 0.5) is 4.79 Å². The highest BCUT2D eigenvalue weighted by Gasteiger charge is 2.69. The van der Waals surface area contributed by atoms with Crippen LogP contribution in [0.5, 0.6) is 0 Å². The topological polar surface area (TPSA) is 105 Å². The van der Waals surface area contributed by atoms with Crippen molar-refractivity contribution in [1.82, 2.24) is 10.2 Å². The molecule has 0 aromatic heterocycles. The van der Waals surface area contributed by atoms with E-state index in [0.29, 0.717) is 24.8 Å². The van der Waals surface area contributed by atoms with Gasteiger partial charge in [-0.25, -0.2) is 14.7 Å². The van der Waals surface area contributed by atoms with Crippen molar-refractivity contribution in [3.63, 3.8) is 0 Å². The highest BCUT2D eigenvalue weighted by molar-refractivity contribution is 6.17. The first-order valence-corrected chi connectivity index (χ1v) is 12.7. The lowest BCUT2D eigenvalue weighted by Gasteiger charge is -2.50. The summed E-state index contributed by atoms with van der Waals surface area (Å²) < 4.78 is 5.80. The van der Waals surface area contributed by atoms with Crippen molar-refractivity contribution in [3.05, 3.63) is 82.9 Å². The number of hydrogen-bond acceptors (Lipinski definition) is 6. The molecular formula is C29H27N3O5. The van der Waals surface area contributed by atoms with Gasteiger partial charge >= 0.3 is 6.09 Å². The fraction of sp³-hybridized carbons (Fsp3) is 0.345. The number of carbonyl (C=O) groups excluding carboxylic acids is 4. The number of aliphatic imine (C=N–C) groups is 1. The van der Waals surface area contributed by atoms with Crippen molar-refractivity contribution in [2.75, 3.05) is 0 Å². The Labute approximate surface area is 214 Å². The molecule has 8 heteroatoms. The van der Waals surface area contributed by atoms with Gasteiger partial charge in [0.2, 0.25) is 17.7 Å². The maximum Gasteiger partial charge on any atom is 0.424 e. The van der Waals surface area contributed by atoms with Crippen LogP contribution in [0, 0.1) is 17.8 Å². The van der Waals surface area contributed by atoms with Gasteiger partial charge in [0.25, 0.3) is 5.91 Å². The summed E-state index contributed by atoms with van der Waals surface area (Å²) in [6, 6.07) is 19.1. The summed E-state index contributed by atoms with van der Waals surface area (Å²) in [6.45, 7) is 2.12. The first-order valence-electron chi connectivity index (χ1n) is 12.7. The Morgan fingerprint density at radius 2 is 1.65 bits per heavy atom. The monoisotopic (exact) mass is 497 g/mol. The van der Waals surface area contributed by atoms with Crippen molar-refractivity contribution < 1.29 is 23.9 Å². The Bertz CT molecular complexity index is 1370. The van der Waals surface area contributed by atoms with Crippen LogP contribution >= 0.6 is 0 Å². The van der Waals surface area contributed by atoms with Crippen LogP contribution in [-0.4, -0.2) is 40.2 Å². The van der Waals surface area contributed by atoms with Gasteiger partial charge in [-0.15, -0.1) is 0 Å². The summed E-state index contributed by atoms with van der Waals surface area (Å²) in [5.74, 6) is -2.77. The first-order chi connectivity index (χ1) is 18.0. The molecule has 3 fully saturated rings. The number of imide groups is 2. The van der Waals surface area contributed by atoms with Gasteiger partial charge in [0.1, 0.15) is 5.54 Å². The largest absolute Gasteiger partial charge is 0.424 e. The van der Waals surface area contributed by atoms with Crippen LogP contribution < -0.4 is 5.32 Å². The number of cyclic esters (lactones) is 1. The molecule has 0 spiro atoms. The second kappa shape index (κ2) is 8.80. The van der Waals surface area contributed by atoms with Gasteiger partial charge in [0.15, 0.2) is 0 Å². The Morgan fingerprint density at radius 3 is 2.32 bits per heavy atom. The first kappa shape index (κ1) is 23.3. The van der Waals surface area contributed by atoms with E-state index in [1.54, 1.807) is 0 Å². The quantitative estimate of drug-likeness (QED) is 0.636. The fourth-order valence-electron chi connectivity index (χ4n) is 6.69. The molecule has 1 aliphatic carbocycles. The molecule has 4 amide bonds. The third kappa shape index (κ3) is 3.46. The zero-order valence-corrected chi connectivity index (χ0v) is 20.5. The fourth-order valence-corrected chi connectivity index (χ4v) is 6.69. The van der Waals surface area contributed by atoms with Crippen molar-refractivity contribution in [2.45, 2.75) is 44.7 Å². The minimum absolute atomic E-state index is 0.129. The third-order valence-electron chi connectivity index (χ3n) is 8.20. The Balaban J connectivity index is 1.59. The number of nitrogens with zero attached hydrogens (tertiary/aromatic N) is 2. The Hall–Kier alpha value is -4.07. The van der Waals surface area contributed by atoms with Crippen LogP contribution in [0.25, 0.3) is 0 Å². The molecule has 8 nitrogen and oxygen atoms in total. The van der Waals surface area contributed by atoms with Gasteiger partial charge in [-0.2, -0.15) is 0 Å². The second-order valence-corrected chi connectivity index (χ2v) is 10.1. The number of benzene rings is 2. The van der Waals surface area contributed by atoms with Crippen molar-refractivity contribution in [1.29, 1.82) is 0 Å². The standard InChI is InChI=1S/C29H27N3O5/c1-2-19-20-13-14-21-22(25(34)31-24(21)33)23(20)29(15-17-9-5-3-6-10-17)27(37-28(36)32(29)26(19)35)30-16-18-11-7-4-8-12-18/h3-12,21-23H,2,13-16H2,1H3,(H,31,33,34)/t21-,22-,23+,29+/m1/s1. The maximum atomic E-state index is 13.9. The van der Waals surface area contributed by atoms with E-state index in [2.05, 4.69) is 5.32 Å². The number of carbonyl (C=O) groups is 4. The molecule has 4 aliphatic rings. The van der Waals surface area contributed by atoms with Crippen LogP contribution in [0.3, 0.4) is 0 Å². The van der Waals surface area contributed by atoms with E-state index in [9.17, 15) is 19.2 Å².